The van der Waals surface area contributed by atoms with E-state index < -0.39 is 18.0 Å². The van der Waals surface area contributed by atoms with Crippen molar-refractivity contribution < 1.29 is 28.6 Å². The molecule has 0 saturated heterocycles. The van der Waals surface area contributed by atoms with Gasteiger partial charge in [-0.25, -0.2) is 14.4 Å². The number of hydrogen-bond acceptors (Lipinski definition) is 6. The highest BCUT2D eigenvalue weighted by Crippen LogP contribution is 2.09. The third kappa shape index (κ3) is 6.56. The Kier molecular flexibility index (Phi) is 7.18. The fourth-order valence-electron chi connectivity index (χ4n) is 1.29. The van der Waals surface area contributed by atoms with Gasteiger partial charge in [0.1, 0.15) is 12.4 Å². The van der Waals surface area contributed by atoms with Gasteiger partial charge in [-0.2, -0.15) is 0 Å². The van der Waals surface area contributed by atoms with Crippen LogP contribution in [0.2, 0.25) is 0 Å². The summed E-state index contributed by atoms with van der Waals surface area (Å²) in [6.07, 6.45) is 1.34. The summed E-state index contributed by atoms with van der Waals surface area (Å²) in [5, 5.41) is 0. The molecule has 0 unspecified atom stereocenters. The van der Waals surface area contributed by atoms with Gasteiger partial charge >= 0.3 is 18.0 Å². The maximum atomic E-state index is 11.7. The second kappa shape index (κ2) is 9.17. The summed E-state index contributed by atoms with van der Waals surface area (Å²) in [5.74, 6) is -0.923. The van der Waals surface area contributed by atoms with E-state index in [9.17, 15) is 14.4 Å². The minimum atomic E-state index is -0.699. The van der Waals surface area contributed by atoms with Gasteiger partial charge < -0.3 is 19.1 Å². The van der Waals surface area contributed by atoms with E-state index in [1.54, 1.807) is 24.3 Å². The van der Waals surface area contributed by atoms with Gasteiger partial charge in [0.25, 0.3) is 0 Å². The Morgan fingerprint density at radius 1 is 1.09 bits per heavy atom. The van der Waals surface area contributed by atoms with E-state index in [0.717, 1.165) is 12.2 Å². The number of carbonyl (C=O) groups is 3. The van der Waals surface area contributed by atoms with E-state index in [0.29, 0.717) is 5.75 Å². The van der Waals surface area contributed by atoms with E-state index in [-0.39, 0.29) is 13.2 Å². The Balaban J connectivity index is 2.29. The first-order valence-corrected chi connectivity index (χ1v) is 6.43. The Hall–Kier alpha value is -2.83. The van der Waals surface area contributed by atoms with Gasteiger partial charge in [-0.05, 0) is 12.1 Å². The molecule has 118 valence electrons. The molecule has 0 spiro atoms. The number of methoxy groups -OCH3 is 1. The zero-order valence-electron chi connectivity index (χ0n) is 12.4. The number of ether oxygens (including phenoxy) is 3. The summed E-state index contributed by atoms with van der Waals surface area (Å²) >= 11 is 0. The van der Waals surface area contributed by atoms with E-state index >= 15 is 0 Å². The van der Waals surface area contributed by atoms with Crippen molar-refractivity contribution in [2.45, 2.75) is 0 Å². The molecule has 0 radical (unpaired) electrons. The number of esters is 2. The van der Waals surface area contributed by atoms with Crippen molar-refractivity contribution in [2.75, 3.05) is 27.3 Å². The number of nitrogens with zero attached hydrogens (tertiary/aromatic N) is 1. The van der Waals surface area contributed by atoms with Crippen LogP contribution in [0.25, 0.3) is 0 Å². The SMILES string of the molecule is COC(=O)/C=C/C(=O)OCCN(C)C(=O)Oc1ccccc1. The van der Waals surface area contributed by atoms with E-state index in [4.69, 9.17) is 9.47 Å². The summed E-state index contributed by atoms with van der Waals surface area (Å²) in [7, 11) is 2.72. The molecule has 0 bridgehead atoms. The number of hydrogen-bond donors (Lipinski definition) is 0. The Bertz CT molecular complexity index is 540. The van der Waals surface area contributed by atoms with E-state index in [1.165, 1.54) is 19.1 Å². The highest BCUT2D eigenvalue weighted by atomic mass is 16.6. The van der Waals surface area contributed by atoms with Crippen LogP contribution in [0.15, 0.2) is 42.5 Å². The van der Waals surface area contributed by atoms with Crippen LogP contribution >= 0.6 is 0 Å². The third-order valence-electron chi connectivity index (χ3n) is 2.49. The number of likely N-dealkylation sites (N-methyl/N-ethyl adjacent to an activating group) is 1. The van der Waals surface area contributed by atoms with Gasteiger partial charge in [-0.3, -0.25) is 0 Å². The predicted octanol–water partition coefficient (Wildman–Crippen LogP) is 1.39. The standard InChI is InChI=1S/C15H17NO6/c1-16(15(19)22-12-6-4-3-5-7-12)10-11-21-14(18)9-8-13(17)20-2/h3-9H,10-11H2,1-2H3/b9-8+. The van der Waals surface area contributed by atoms with Crippen LogP contribution in [0.3, 0.4) is 0 Å². The van der Waals surface area contributed by atoms with Crippen molar-refractivity contribution in [3.63, 3.8) is 0 Å². The van der Waals surface area contributed by atoms with Crippen LogP contribution in [-0.4, -0.2) is 50.2 Å². The Morgan fingerprint density at radius 2 is 1.73 bits per heavy atom. The molecule has 0 aliphatic heterocycles. The molecule has 1 rings (SSSR count). The monoisotopic (exact) mass is 307 g/mol. The zero-order valence-corrected chi connectivity index (χ0v) is 12.4. The lowest BCUT2D eigenvalue weighted by Crippen LogP contribution is -2.33. The van der Waals surface area contributed by atoms with Gasteiger partial charge in [0.15, 0.2) is 0 Å². The van der Waals surface area contributed by atoms with E-state index in [2.05, 4.69) is 4.74 Å². The predicted molar refractivity (Wildman–Crippen MR) is 77.2 cm³/mol. The van der Waals surface area contributed by atoms with Crippen molar-refractivity contribution >= 4 is 18.0 Å². The second-order valence-corrected chi connectivity index (χ2v) is 4.13. The molecule has 0 fully saturated rings. The molecule has 7 nitrogen and oxygen atoms in total. The van der Waals surface area contributed by atoms with Crippen molar-refractivity contribution in [3.05, 3.63) is 42.5 Å². The van der Waals surface area contributed by atoms with Gasteiger partial charge in [0.2, 0.25) is 0 Å². The molecule has 1 aromatic carbocycles. The van der Waals surface area contributed by atoms with Crippen molar-refractivity contribution in [1.29, 1.82) is 0 Å². The highest BCUT2D eigenvalue weighted by molar-refractivity contribution is 5.91. The quantitative estimate of drug-likeness (QED) is 0.583. The minimum Gasteiger partial charge on any atom is -0.466 e. The first-order valence-electron chi connectivity index (χ1n) is 6.43. The lowest BCUT2D eigenvalue weighted by Gasteiger charge is -2.16. The largest absolute Gasteiger partial charge is 0.466 e. The molecule has 0 heterocycles. The highest BCUT2D eigenvalue weighted by Gasteiger charge is 2.11. The summed E-state index contributed by atoms with van der Waals surface area (Å²) in [6.45, 7) is 0.133. The number of benzene rings is 1. The molecule has 0 saturated carbocycles. The number of carbonyl (C=O) groups excluding carboxylic acids is 3. The van der Waals surface area contributed by atoms with Crippen molar-refractivity contribution in [3.8, 4) is 5.75 Å². The summed E-state index contributed by atoms with van der Waals surface area (Å²) in [4.78, 5) is 35.0. The average molecular weight is 307 g/mol. The molecule has 22 heavy (non-hydrogen) atoms. The molecule has 1 amide bonds. The first kappa shape index (κ1) is 17.2. The molecule has 0 aliphatic carbocycles. The summed E-state index contributed by atoms with van der Waals surface area (Å²) < 4.78 is 14.3. The number of para-hydroxylation sites is 1. The fraction of sp³-hybridized carbons (Fsp3) is 0.267. The molecule has 0 aliphatic rings. The summed E-state index contributed by atoms with van der Waals surface area (Å²) in [5.41, 5.74) is 0. The van der Waals surface area contributed by atoms with Gasteiger partial charge in [0, 0.05) is 19.2 Å². The number of rotatable bonds is 6. The molecule has 0 atom stereocenters. The normalized spacial score (nSPS) is 10.1. The van der Waals surface area contributed by atoms with Crippen molar-refractivity contribution in [1.82, 2.24) is 4.90 Å². The van der Waals surface area contributed by atoms with Gasteiger partial charge in [-0.1, -0.05) is 18.2 Å². The smallest absolute Gasteiger partial charge is 0.415 e. The van der Waals surface area contributed by atoms with E-state index in [1.807, 2.05) is 6.07 Å². The van der Waals surface area contributed by atoms with Gasteiger partial charge in [-0.15, -0.1) is 0 Å². The van der Waals surface area contributed by atoms with Gasteiger partial charge in [0.05, 0.1) is 13.7 Å². The van der Waals surface area contributed by atoms with Crippen LogP contribution in [0.5, 0.6) is 5.75 Å². The zero-order chi connectivity index (χ0) is 16.4. The maximum absolute atomic E-state index is 11.7. The van der Waals surface area contributed by atoms with Crippen LogP contribution in [0.1, 0.15) is 0 Å². The molecular weight excluding hydrogens is 290 g/mol. The third-order valence-corrected chi connectivity index (χ3v) is 2.49. The second-order valence-electron chi connectivity index (χ2n) is 4.13. The van der Waals surface area contributed by atoms with Crippen molar-refractivity contribution in [2.24, 2.45) is 0 Å². The average Bonchev–Trinajstić information content (AvgIpc) is 2.53. The van der Waals surface area contributed by atoms with Crippen LogP contribution in [-0.2, 0) is 19.1 Å². The molecule has 1 aromatic rings. The fourth-order valence-corrected chi connectivity index (χ4v) is 1.29. The minimum absolute atomic E-state index is 0.0231. The molecule has 7 heteroatoms. The number of amides is 1. The molecular formula is C15H17NO6. The Morgan fingerprint density at radius 3 is 2.36 bits per heavy atom. The lowest BCUT2D eigenvalue weighted by atomic mass is 10.3. The van der Waals surface area contributed by atoms with Crippen LogP contribution in [0, 0.1) is 0 Å². The Labute approximate surface area is 128 Å². The summed E-state index contributed by atoms with van der Waals surface area (Å²) in [6, 6.07) is 8.62. The molecule has 0 aromatic heterocycles. The first-order chi connectivity index (χ1) is 10.5. The van der Waals surface area contributed by atoms with Crippen LogP contribution in [0.4, 0.5) is 4.79 Å². The maximum Gasteiger partial charge on any atom is 0.415 e. The van der Waals surface area contributed by atoms with Crippen LogP contribution < -0.4 is 4.74 Å². The lowest BCUT2D eigenvalue weighted by molar-refractivity contribution is -0.139. The molecule has 0 N–H and O–H groups in total. The topological polar surface area (TPSA) is 82.1 Å².